The molecular formula is C28H32F3N5O6S2. The Morgan fingerprint density at radius 3 is 2.20 bits per heavy atom. The van der Waals surface area contributed by atoms with Crippen molar-refractivity contribution in [1.29, 1.82) is 0 Å². The fraction of sp³-hybridized carbons (Fsp3) is 0.393. The van der Waals surface area contributed by atoms with Crippen LogP contribution in [0.25, 0.3) is 10.6 Å². The third-order valence-corrected chi connectivity index (χ3v) is 8.43. The molecule has 16 heteroatoms. The Hall–Kier alpha value is -3.73. The van der Waals surface area contributed by atoms with Gasteiger partial charge in [0, 0.05) is 50.0 Å². The standard InChI is InChI=1S/C26H31N5O4S2.C2HF3O2/c1-18(31-13-11-30(2)12-14-31)23(32)16-22-15-20(9-10-21(22)17-37(3,34)35)24(33)27-26-29-28-25(36-26)19-7-5-4-6-8-19;3-2(4,5)1(6)7/h4-10,15,18H,11-14,16-17H2,1-3H3,(H,27,29,33);(H,6,7). The van der Waals surface area contributed by atoms with Gasteiger partial charge in [-0.1, -0.05) is 47.7 Å². The number of nitrogens with one attached hydrogen (secondary N) is 1. The second-order valence-electron chi connectivity index (χ2n) is 10.2. The number of carbonyl (C=O) groups is 3. The normalized spacial score (nSPS) is 15.1. The SMILES string of the molecule is CC(C(=O)Cc1cc(C(=O)Nc2nnc(-c3ccccc3)s2)ccc1CS(C)(=O)=O)N1CCN(C)CC1.O=C(O)C(F)(F)F. The first kappa shape index (κ1) is 34.8. The third kappa shape index (κ3) is 10.5. The molecule has 1 amide bonds. The number of carbonyl (C=O) groups excluding carboxylic acids is 2. The van der Waals surface area contributed by atoms with Gasteiger partial charge in [0.25, 0.3) is 5.91 Å². The number of halogens is 3. The molecular weight excluding hydrogens is 623 g/mol. The molecule has 0 saturated carbocycles. The first-order chi connectivity index (χ1) is 20.5. The lowest BCUT2D eigenvalue weighted by Gasteiger charge is -2.35. The lowest BCUT2D eigenvalue weighted by Crippen LogP contribution is -2.50. The maximum atomic E-state index is 13.2. The van der Waals surface area contributed by atoms with E-state index in [4.69, 9.17) is 9.90 Å². The van der Waals surface area contributed by atoms with E-state index in [2.05, 4.69) is 32.4 Å². The number of aromatic nitrogens is 2. The van der Waals surface area contributed by atoms with Gasteiger partial charge in [0.05, 0.1) is 11.8 Å². The smallest absolute Gasteiger partial charge is 0.475 e. The Morgan fingerprint density at radius 1 is 1.02 bits per heavy atom. The van der Waals surface area contributed by atoms with E-state index in [-0.39, 0.29) is 24.0 Å². The van der Waals surface area contributed by atoms with Crippen molar-refractivity contribution in [3.8, 4) is 10.6 Å². The number of sulfone groups is 1. The minimum atomic E-state index is -5.08. The predicted molar refractivity (Wildman–Crippen MR) is 159 cm³/mol. The van der Waals surface area contributed by atoms with Gasteiger partial charge in [-0.3, -0.25) is 19.8 Å². The second kappa shape index (κ2) is 14.8. The highest BCUT2D eigenvalue weighted by atomic mass is 32.2. The molecule has 1 aromatic heterocycles. The quantitative estimate of drug-likeness (QED) is 0.351. The average Bonchev–Trinajstić information content (AvgIpc) is 3.42. The van der Waals surface area contributed by atoms with Crippen molar-refractivity contribution in [1.82, 2.24) is 20.0 Å². The number of carboxylic acid groups (broad SMARTS) is 1. The van der Waals surface area contributed by atoms with E-state index in [1.54, 1.807) is 18.2 Å². The van der Waals surface area contributed by atoms with Gasteiger partial charge in [-0.15, -0.1) is 10.2 Å². The van der Waals surface area contributed by atoms with Gasteiger partial charge in [-0.25, -0.2) is 13.2 Å². The van der Waals surface area contributed by atoms with Crippen LogP contribution in [0.2, 0.25) is 0 Å². The van der Waals surface area contributed by atoms with E-state index in [9.17, 15) is 31.2 Å². The van der Waals surface area contributed by atoms with Crippen LogP contribution >= 0.6 is 11.3 Å². The van der Waals surface area contributed by atoms with Crippen LogP contribution in [0.5, 0.6) is 0 Å². The molecule has 0 bridgehead atoms. The molecule has 4 rings (SSSR count). The summed E-state index contributed by atoms with van der Waals surface area (Å²) >= 11 is 1.26. The van der Waals surface area contributed by atoms with Crippen molar-refractivity contribution in [3.63, 3.8) is 0 Å². The lowest BCUT2D eigenvalue weighted by molar-refractivity contribution is -0.192. The summed E-state index contributed by atoms with van der Waals surface area (Å²) in [7, 11) is -1.27. The van der Waals surface area contributed by atoms with Crippen molar-refractivity contribution < 1.29 is 41.1 Å². The minimum Gasteiger partial charge on any atom is -0.475 e. The van der Waals surface area contributed by atoms with Gasteiger partial charge in [0.15, 0.2) is 15.6 Å². The maximum Gasteiger partial charge on any atom is 0.490 e. The number of benzene rings is 2. The van der Waals surface area contributed by atoms with Crippen LogP contribution in [-0.2, 0) is 31.6 Å². The molecule has 0 aliphatic carbocycles. The number of hydrogen-bond donors (Lipinski definition) is 2. The summed E-state index contributed by atoms with van der Waals surface area (Å²) in [5, 5.41) is 19.1. The number of aliphatic carboxylic acids is 1. The zero-order valence-corrected chi connectivity index (χ0v) is 25.8. The van der Waals surface area contributed by atoms with E-state index in [0.717, 1.165) is 38.0 Å². The number of piperazine rings is 1. The minimum absolute atomic E-state index is 0.00603. The number of amides is 1. The molecule has 44 heavy (non-hydrogen) atoms. The number of anilines is 1. The van der Waals surface area contributed by atoms with E-state index in [1.807, 2.05) is 37.3 Å². The summed E-state index contributed by atoms with van der Waals surface area (Å²) in [5.74, 6) is -3.36. The van der Waals surface area contributed by atoms with Crippen molar-refractivity contribution in [3.05, 3.63) is 65.2 Å². The fourth-order valence-electron chi connectivity index (χ4n) is 4.24. The number of rotatable bonds is 9. The lowest BCUT2D eigenvalue weighted by atomic mass is 9.97. The molecule has 1 aliphatic rings. The first-order valence-corrected chi connectivity index (χ1v) is 16.2. The number of carboxylic acids is 1. The van der Waals surface area contributed by atoms with Crippen LogP contribution < -0.4 is 5.32 Å². The Kier molecular flexibility index (Phi) is 11.7. The molecule has 1 saturated heterocycles. The van der Waals surface area contributed by atoms with Gasteiger partial charge in [-0.2, -0.15) is 13.2 Å². The Balaban J connectivity index is 0.000000676. The van der Waals surface area contributed by atoms with Gasteiger partial charge in [0.1, 0.15) is 5.01 Å². The van der Waals surface area contributed by atoms with E-state index >= 15 is 0 Å². The van der Waals surface area contributed by atoms with Gasteiger partial charge in [0.2, 0.25) is 5.13 Å². The molecule has 2 N–H and O–H groups in total. The van der Waals surface area contributed by atoms with E-state index in [0.29, 0.717) is 26.8 Å². The highest BCUT2D eigenvalue weighted by Crippen LogP contribution is 2.26. The van der Waals surface area contributed by atoms with Crippen LogP contribution in [0.15, 0.2) is 48.5 Å². The summed E-state index contributed by atoms with van der Waals surface area (Å²) in [5.41, 5.74) is 2.30. The summed E-state index contributed by atoms with van der Waals surface area (Å²) < 4.78 is 55.8. The van der Waals surface area contributed by atoms with Crippen molar-refractivity contribution in [2.75, 3.05) is 44.8 Å². The Bertz CT molecular complexity index is 1570. The maximum absolute atomic E-state index is 13.2. The average molecular weight is 656 g/mol. The summed E-state index contributed by atoms with van der Waals surface area (Å²) in [4.78, 5) is 39.5. The largest absolute Gasteiger partial charge is 0.490 e. The van der Waals surface area contributed by atoms with Crippen LogP contribution in [-0.4, -0.2) is 103 Å². The molecule has 1 fully saturated rings. The molecule has 0 spiro atoms. The Labute approximate surface area is 256 Å². The monoisotopic (exact) mass is 655 g/mol. The summed E-state index contributed by atoms with van der Waals surface area (Å²) in [6.07, 6.45) is -3.87. The van der Waals surface area contributed by atoms with Crippen LogP contribution in [0, 0.1) is 0 Å². The summed E-state index contributed by atoms with van der Waals surface area (Å²) in [6.45, 7) is 5.28. The van der Waals surface area contributed by atoms with Gasteiger partial charge >= 0.3 is 12.1 Å². The van der Waals surface area contributed by atoms with E-state index in [1.165, 1.54) is 11.3 Å². The number of hydrogen-bond acceptors (Lipinski definition) is 10. The van der Waals surface area contributed by atoms with Crippen LogP contribution in [0.3, 0.4) is 0 Å². The molecule has 1 unspecified atom stereocenters. The highest BCUT2D eigenvalue weighted by molar-refractivity contribution is 7.89. The van der Waals surface area contributed by atoms with Crippen molar-refractivity contribution in [2.45, 2.75) is 31.3 Å². The number of alkyl halides is 3. The molecule has 11 nitrogen and oxygen atoms in total. The molecule has 1 aliphatic heterocycles. The first-order valence-electron chi connectivity index (χ1n) is 13.3. The van der Waals surface area contributed by atoms with Gasteiger partial charge in [-0.05, 0) is 37.2 Å². The topological polar surface area (TPSA) is 150 Å². The van der Waals surface area contributed by atoms with Crippen molar-refractivity contribution >= 4 is 44.0 Å². The van der Waals surface area contributed by atoms with E-state index < -0.39 is 27.9 Å². The third-order valence-electron chi connectivity index (χ3n) is 6.71. The molecule has 2 aromatic carbocycles. The van der Waals surface area contributed by atoms with Crippen LogP contribution in [0.1, 0.15) is 28.4 Å². The number of Topliss-reactive ketones (excluding diaryl/α,β-unsaturated/α-hetero) is 1. The zero-order valence-electron chi connectivity index (χ0n) is 24.2. The molecule has 0 radical (unpaired) electrons. The summed E-state index contributed by atoms with van der Waals surface area (Å²) in [6, 6.07) is 14.1. The number of likely N-dealkylation sites (N-methyl/N-ethyl adjacent to an activating group) is 1. The number of nitrogens with zero attached hydrogens (tertiary/aromatic N) is 4. The Morgan fingerprint density at radius 2 is 1.64 bits per heavy atom. The van der Waals surface area contributed by atoms with Crippen molar-refractivity contribution in [2.24, 2.45) is 0 Å². The zero-order chi connectivity index (χ0) is 32.7. The molecule has 1 atom stereocenters. The highest BCUT2D eigenvalue weighted by Gasteiger charge is 2.38. The molecule has 2 heterocycles. The van der Waals surface area contributed by atoms with Gasteiger partial charge < -0.3 is 10.0 Å². The predicted octanol–water partition coefficient (Wildman–Crippen LogP) is 3.38. The molecule has 238 valence electrons. The fourth-order valence-corrected chi connectivity index (χ4v) is 5.83. The number of ketones is 1. The second-order valence-corrected chi connectivity index (χ2v) is 13.4. The molecule has 3 aromatic rings. The van der Waals surface area contributed by atoms with Crippen LogP contribution in [0.4, 0.5) is 18.3 Å².